The van der Waals surface area contributed by atoms with E-state index in [0.29, 0.717) is 10.6 Å². The Morgan fingerprint density at radius 2 is 2.21 bits per heavy atom. The summed E-state index contributed by atoms with van der Waals surface area (Å²) in [5.41, 5.74) is 0.852. The number of carbonyl (C=O) groups is 1. The summed E-state index contributed by atoms with van der Waals surface area (Å²) in [6, 6.07) is 6.92. The summed E-state index contributed by atoms with van der Waals surface area (Å²) in [6.07, 6.45) is 0. The molecule has 0 bridgehead atoms. The van der Waals surface area contributed by atoms with Crippen molar-refractivity contribution in [3.8, 4) is 23.2 Å². The van der Waals surface area contributed by atoms with E-state index in [1.54, 1.807) is 31.2 Å². The van der Waals surface area contributed by atoms with Crippen LogP contribution in [0.4, 0.5) is 0 Å². The predicted molar refractivity (Wildman–Crippen MR) is 70.7 cm³/mol. The van der Waals surface area contributed by atoms with Crippen LogP contribution in [0, 0.1) is 11.8 Å². The average molecular weight is 276 g/mol. The molecule has 0 fully saturated rings. The van der Waals surface area contributed by atoms with E-state index in [4.69, 9.17) is 16.1 Å². The molecule has 0 atom stereocenters. The quantitative estimate of drug-likeness (QED) is 0.531. The molecular weight excluding hydrogens is 266 g/mol. The third-order valence-corrected chi connectivity index (χ3v) is 2.83. The van der Waals surface area contributed by atoms with Gasteiger partial charge in [0.1, 0.15) is 11.3 Å². The number of hydrogen-bond donors (Lipinski definition) is 1. The number of rotatable bonds is 3. The Balaban J connectivity index is 2.64. The summed E-state index contributed by atoms with van der Waals surface area (Å²) in [7, 11) is 0. The summed E-state index contributed by atoms with van der Waals surface area (Å²) in [4.78, 5) is 12.0. The average Bonchev–Trinajstić information content (AvgIpc) is 2.83. The van der Waals surface area contributed by atoms with Gasteiger partial charge in [0.15, 0.2) is 5.76 Å². The van der Waals surface area contributed by atoms with E-state index in [0.717, 1.165) is 0 Å². The van der Waals surface area contributed by atoms with Crippen LogP contribution in [0.3, 0.4) is 0 Å². The Morgan fingerprint density at radius 3 is 2.84 bits per heavy atom. The lowest BCUT2D eigenvalue weighted by molar-refractivity contribution is 0.105. The van der Waals surface area contributed by atoms with Gasteiger partial charge in [0.05, 0.1) is 11.6 Å². The molecule has 0 unspecified atom stereocenters. The first-order chi connectivity index (χ1) is 9.19. The number of aliphatic hydroxyl groups excluding tert-OH is 1. The molecule has 2 rings (SSSR count). The van der Waals surface area contributed by atoms with Gasteiger partial charge in [-0.05, 0) is 25.0 Å². The van der Waals surface area contributed by atoms with Gasteiger partial charge in [0, 0.05) is 5.56 Å². The second-order valence-corrected chi connectivity index (χ2v) is 4.08. The molecule has 0 saturated carbocycles. The van der Waals surface area contributed by atoms with Crippen molar-refractivity contribution in [1.82, 2.24) is 5.16 Å². The lowest BCUT2D eigenvalue weighted by atomic mass is 10.0. The van der Waals surface area contributed by atoms with Crippen molar-refractivity contribution < 1.29 is 14.4 Å². The van der Waals surface area contributed by atoms with Crippen LogP contribution in [0.2, 0.25) is 5.02 Å². The Morgan fingerprint density at radius 1 is 1.47 bits per heavy atom. The van der Waals surface area contributed by atoms with Gasteiger partial charge >= 0.3 is 0 Å². The van der Waals surface area contributed by atoms with Gasteiger partial charge in [0.2, 0.25) is 5.78 Å². The van der Waals surface area contributed by atoms with Crippen molar-refractivity contribution >= 4 is 17.4 Å². The van der Waals surface area contributed by atoms with Crippen molar-refractivity contribution in [2.45, 2.75) is 13.5 Å². The summed E-state index contributed by atoms with van der Waals surface area (Å²) in [6.45, 7) is 1.15. The topological polar surface area (TPSA) is 63.3 Å². The fourth-order valence-corrected chi connectivity index (χ4v) is 1.89. The number of hydrogen-bond acceptors (Lipinski definition) is 4. The van der Waals surface area contributed by atoms with Crippen LogP contribution in [0.5, 0.6) is 0 Å². The van der Waals surface area contributed by atoms with Gasteiger partial charge in [-0.3, -0.25) is 4.79 Å². The highest BCUT2D eigenvalue weighted by molar-refractivity contribution is 6.33. The summed E-state index contributed by atoms with van der Waals surface area (Å²) < 4.78 is 5.14. The first kappa shape index (κ1) is 13.3. The molecule has 0 aliphatic rings. The zero-order valence-electron chi connectivity index (χ0n) is 10.1. The van der Waals surface area contributed by atoms with Crippen LogP contribution in [0.1, 0.15) is 23.0 Å². The molecule has 0 radical (unpaired) electrons. The van der Waals surface area contributed by atoms with Gasteiger partial charge in [-0.15, -0.1) is 0 Å². The largest absolute Gasteiger partial charge is 0.390 e. The minimum absolute atomic E-state index is 0.155. The van der Waals surface area contributed by atoms with E-state index in [2.05, 4.69) is 17.0 Å². The van der Waals surface area contributed by atoms with Crippen LogP contribution < -0.4 is 0 Å². The molecule has 96 valence electrons. The maximum Gasteiger partial charge on any atom is 0.241 e. The Bertz CT molecular complexity index is 679. The van der Waals surface area contributed by atoms with Gasteiger partial charge in [-0.1, -0.05) is 34.8 Å². The van der Waals surface area contributed by atoms with Crippen LogP contribution in [0.15, 0.2) is 28.8 Å². The number of Topliss-reactive ketones (excluding diaryl/α,β-unsaturated/α-hetero) is 1. The molecule has 0 aliphatic carbocycles. The standard InChI is InChI=1S/C14H10ClNO3/c1-2-5-12(18)13-11(8-17)16-19-14(13)9-6-3-4-7-10(9)15/h3-4,6-7,17H,8H2,1H3. The highest BCUT2D eigenvalue weighted by Gasteiger charge is 2.23. The molecule has 1 N–H and O–H groups in total. The summed E-state index contributed by atoms with van der Waals surface area (Å²) >= 11 is 6.07. The molecular formula is C14H10ClNO3. The minimum atomic E-state index is -0.456. The third-order valence-electron chi connectivity index (χ3n) is 2.50. The second-order valence-electron chi connectivity index (χ2n) is 3.68. The second kappa shape index (κ2) is 5.70. The molecule has 19 heavy (non-hydrogen) atoms. The van der Waals surface area contributed by atoms with E-state index in [1.165, 1.54) is 0 Å². The van der Waals surface area contributed by atoms with Crippen LogP contribution >= 0.6 is 11.6 Å². The van der Waals surface area contributed by atoms with Gasteiger partial charge in [-0.25, -0.2) is 0 Å². The van der Waals surface area contributed by atoms with Crippen molar-refractivity contribution in [1.29, 1.82) is 0 Å². The third kappa shape index (κ3) is 2.53. The van der Waals surface area contributed by atoms with E-state index in [1.807, 2.05) is 0 Å². The number of nitrogens with zero attached hydrogens (tertiary/aromatic N) is 1. The molecule has 0 spiro atoms. The Hall–Kier alpha value is -2.09. The first-order valence-electron chi connectivity index (χ1n) is 5.50. The minimum Gasteiger partial charge on any atom is -0.390 e. The van der Waals surface area contributed by atoms with Crippen molar-refractivity contribution in [2.75, 3.05) is 0 Å². The van der Waals surface area contributed by atoms with Gasteiger partial charge in [0.25, 0.3) is 0 Å². The lowest BCUT2D eigenvalue weighted by Gasteiger charge is -2.01. The predicted octanol–water partition coefficient (Wildman–Crippen LogP) is 2.69. The fraction of sp³-hybridized carbons (Fsp3) is 0.143. The Labute approximate surface area is 115 Å². The van der Waals surface area contributed by atoms with Crippen LogP contribution in [-0.2, 0) is 6.61 Å². The molecule has 5 heteroatoms. The zero-order chi connectivity index (χ0) is 13.8. The first-order valence-corrected chi connectivity index (χ1v) is 5.88. The highest BCUT2D eigenvalue weighted by atomic mass is 35.5. The smallest absolute Gasteiger partial charge is 0.241 e. The monoisotopic (exact) mass is 275 g/mol. The highest BCUT2D eigenvalue weighted by Crippen LogP contribution is 2.32. The van der Waals surface area contributed by atoms with E-state index < -0.39 is 12.4 Å². The van der Waals surface area contributed by atoms with Crippen molar-refractivity contribution in [2.24, 2.45) is 0 Å². The van der Waals surface area contributed by atoms with Crippen LogP contribution in [-0.4, -0.2) is 16.0 Å². The molecule has 1 aromatic carbocycles. The molecule has 1 aromatic heterocycles. The van der Waals surface area contributed by atoms with Crippen molar-refractivity contribution in [3.63, 3.8) is 0 Å². The van der Waals surface area contributed by atoms with E-state index in [-0.39, 0.29) is 17.0 Å². The normalized spacial score (nSPS) is 9.84. The molecule has 1 heterocycles. The number of ketones is 1. The molecule has 0 amide bonds. The molecule has 0 saturated heterocycles. The maximum atomic E-state index is 12.0. The molecule has 2 aromatic rings. The Kier molecular flexibility index (Phi) is 4.00. The number of aromatic nitrogens is 1. The molecule has 0 aliphatic heterocycles. The zero-order valence-corrected chi connectivity index (χ0v) is 10.9. The van der Waals surface area contributed by atoms with E-state index >= 15 is 0 Å². The van der Waals surface area contributed by atoms with Crippen LogP contribution in [0.25, 0.3) is 11.3 Å². The maximum absolute atomic E-state index is 12.0. The number of benzene rings is 1. The lowest BCUT2D eigenvalue weighted by Crippen LogP contribution is -2.01. The molecule has 4 nitrogen and oxygen atoms in total. The van der Waals surface area contributed by atoms with Gasteiger partial charge < -0.3 is 9.63 Å². The SMILES string of the molecule is CC#CC(=O)c1c(CO)noc1-c1ccccc1Cl. The summed E-state index contributed by atoms with van der Waals surface area (Å²) in [5, 5.41) is 13.3. The van der Waals surface area contributed by atoms with E-state index in [9.17, 15) is 9.90 Å². The number of aliphatic hydroxyl groups is 1. The number of halogens is 1. The number of carbonyl (C=O) groups excluding carboxylic acids is 1. The fourth-order valence-electron chi connectivity index (χ4n) is 1.67. The van der Waals surface area contributed by atoms with Crippen molar-refractivity contribution in [3.05, 3.63) is 40.5 Å². The summed E-state index contributed by atoms with van der Waals surface area (Å²) in [5.74, 6) is 4.69. The van der Waals surface area contributed by atoms with Gasteiger partial charge in [-0.2, -0.15) is 0 Å².